The first kappa shape index (κ1) is 32.1. The average molecular weight is 759 g/mol. The molecule has 2 aromatic heterocycles. The van der Waals surface area contributed by atoms with Gasteiger partial charge in [0.2, 0.25) is 0 Å². The highest BCUT2D eigenvalue weighted by molar-refractivity contribution is 7.00. The maximum absolute atomic E-state index is 10.2. The number of benzene rings is 9. The first-order valence-electron chi connectivity index (χ1n) is 20.6. The van der Waals surface area contributed by atoms with Gasteiger partial charge in [-0.2, -0.15) is 5.26 Å². The highest BCUT2D eigenvalue weighted by Crippen LogP contribution is 2.50. The lowest BCUT2D eigenvalue weighted by atomic mass is 9.34. The lowest BCUT2D eigenvalue weighted by molar-refractivity contribution is 0.660. The predicted molar refractivity (Wildman–Crippen MR) is 249 cm³/mol. The zero-order valence-electron chi connectivity index (χ0n) is 32.8. The maximum atomic E-state index is 10.2. The van der Waals surface area contributed by atoms with Crippen LogP contribution < -0.4 is 16.4 Å². The number of nitrogens with zero attached hydrogens (tertiary/aromatic N) is 4. The minimum atomic E-state index is -0.0870. The molecular formula is C55H31BN4. The van der Waals surface area contributed by atoms with Crippen molar-refractivity contribution in [3.8, 4) is 39.7 Å². The Kier molecular flexibility index (Phi) is 5.78. The van der Waals surface area contributed by atoms with Crippen LogP contribution in [0.2, 0.25) is 0 Å². The summed E-state index contributed by atoms with van der Waals surface area (Å²) < 4.78 is 5.01. The lowest BCUT2D eigenvalue weighted by Gasteiger charge is -2.34. The van der Waals surface area contributed by atoms with E-state index in [1.54, 1.807) is 0 Å². The van der Waals surface area contributed by atoms with E-state index in [1.165, 1.54) is 87.6 Å². The van der Waals surface area contributed by atoms with E-state index in [1.807, 2.05) is 12.1 Å². The molecule has 11 aromatic rings. The number of rotatable bonds is 1. The Morgan fingerprint density at radius 3 is 1.83 bits per heavy atom. The summed E-state index contributed by atoms with van der Waals surface area (Å²) in [6.07, 6.45) is 0. The zero-order valence-corrected chi connectivity index (χ0v) is 32.8. The highest BCUT2D eigenvalue weighted by Gasteiger charge is 2.42. The molecule has 274 valence electrons. The monoisotopic (exact) mass is 758 g/mol. The molecule has 9 aromatic carbocycles. The topological polar surface area (TPSA) is 38.0 Å². The molecule has 2 aliphatic heterocycles. The largest absolute Gasteiger partial charge is 0.310 e. The van der Waals surface area contributed by atoms with Crippen molar-refractivity contribution in [2.75, 3.05) is 0 Å². The number of nitriles is 1. The molecule has 3 aliphatic rings. The van der Waals surface area contributed by atoms with Gasteiger partial charge in [-0.25, -0.2) is 4.85 Å². The molecule has 0 amide bonds. The quantitative estimate of drug-likeness (QED) is 0.121. The van der Waals surface area contributed by atoms with Gasteiger partial charge in [0.1, 0.15) is 0 Å². The summed E-state index contributed by atoms with van der Waals surface area (Å²) in [7, 11) is 0. The molecule has 0 fully saturated rings. The Hall–Kier alpha value is -7.86. The van der Waals surface area contributed by atoms with Crippen molar-refractivity contribution < 1.29 is 0 Å². The van der Waals surface area contributed by atoms with Gasteiger partial charge >= 0.3 is 0 Å². The Balaban J connectivity index is 1.20. The van der Waals surface area contributed by atoms with Crippen molar-refractivity contribution in [1.29, 1.82) is 5.26 Å². The number of hydrogen-bond donors (Lipinski definition) is 0. The third-order valence-corrected chi connectivity index (χ3v) is 14.3. The van der Waals surface area contributed by atoms with Crippen molar-refractivity contribution in [3.63, 3.8) is 0 Å². The summed E-state index contributed by atoms with van der Waals surface area (Å²) in [5, 5.41) is 19.6. The zero-order chi connectivity index (χ0) is 39.8. The van der Waals surface area contributed by atoms with Crippen molar-refractivity contribution in [2.24, 2.45) is 0 Å². The Bertz CT molecular complexity index is 3760. The summed E-state index contributed by atoms with van der Waals surface area (Å²) in [6.45, 7) is 12.6. The van der Waals surface area contributed by atoms with Crippen molar-refractivity contribution >= 4 is 93.9 Å². The standard InChI is InChI=1S/C55H31BN4/c1-55(2)42-15-9-8-14-38(42)39-23-31(17-19-43(39)55)34-26-48-52-49(27-34)60-47-21-18-35(58-3)28-41(47)51-37-13-7-5-11-33(37)25-45(54(51)60)56(52)44-24-32-10-4-6-12-36(32)50-40-22-30(29-57)16-20-46(40)59(48)53(44)50/h4-28H,1-2H3. The molecule has 0 N–H and O–H groups in total. The van der Waals surface area contributed by atoms with Crippen LogP contribution in [0.1, 0.15) is 30.5 Å². The van der Waals surface area contributed by atoms with Gasteiger partial charge in [-0.1, -0.05) is 117 Å². The van der Waals surface area contributed by atoms with Crippen LogP contribution in [0.15, 0.2) is 152 Å². The highest BCUT2D eigenvalue weighted by atomic mass is 15.0. The molecule has 0 bridgehead atoms. The van der Waals surface area contributed by atoms with E-state index in [-0.39, 0.29) is 12.1 Å². The summed E-state index contributed by atoms with van der Waals surface area (Å²) in [6, 6.07) is 58.0. The lowest BCUT2D eigenvalue weighted by Crippen LogP contribution is -2.59. The second-order valence-corrected chi connectivity index (χ2v) is 17.4. The molecule has 5 heteroatoms. The predicted octanol–water partition coefficient (Wildman–Crippen LogP) is 11.7. The van der Waals surface area contributed by atoms with Gasteiger partial charge in [0.15, 0.2) is 5.69 Å². The van der Waals surface area contributed by atoms with E-state index in [2.05, 4.69) is 173 Å². The molecule has 0 unspecified atom stereocenters. The minimum absolute atomic E-state index is 0.0691. The number of hydrogen-bond acceptors (Lipinski definition) is 1. The van der Waals surface area contributed by atoms with Crippen LogP contribution >= 0.6 is 0 Å². The smallest absolute Gasteiger partial charge is 0.252 e. The van der Waals surface area contributed by atoms with E-state index in [0.717, 1.165) is 38.7 Å². The molecule has 0 atom stereocenters. The van der Waals surface area contributed by atoms with Crippen LogP contribution in [0, 0.1) is 17.9 Å². The first-order valence-corrected chi connectivity index (χ1v) is 20.6. The van der Waals surface area contributed by atoms with Gasteiger partial charge in [0.05, 0.1) is 34.8 Å². The van der Waals surface area contributed by atoms with Crippen LogP contribution in [0.4, 0.5) is 5.69 Å². The molecule has 14 rings (SSSR count). The molecule has 0 spiro atoms. The molecule has 60 heavy (non-hydrogen) atoms. The van der Waals surface area contributed by atoms with Gasteiger partial charge in [-0.15, -0.1) is 0 Å². The minimum Gasteiger partial charge on any atom is -0.310 e. The number of fused-ring (bicyclic) bond motifs is 17. The summed E-state index contributed by atoms with van der Waals surface area (Å²) >= 11 is 0. The summed E-state index contributed by atoms with van der Waals surface area (Å²) in [5.41, 5.74) is 19.6. The first-order chi connectivity index (χ1) is 29.4. The SMILES string of the molecule is [C-]#[N+]c1ccc2c(c1)c1c3ccccc3cc3c1n2-c1cc(-c2ccc4c(c2)-c2ccccc2C4(C)C)cc2c1B3c1cc3ccccc3c3c4cc(C#N)ccc4n-2c13. The van der Waals surface area contributed by atoms with Crippen molar-refractivity contribution in [3.05, 3.63) is 180 Å². The van der Waals surface area contributed by atoms with Gasteiger partial charge in [0, 0.05) is 38.5 Å². The fraction of sp³-hybridized carbons (Fsp3) is 0.0545. The number of aromatic nitrogens is 2. The molecule has 0 radical (unpaired) electrons. The van der Waals surface area contributed by atoms with E-state index in [9.17, 15) is 5.26 Å². The molecular weight excluding hydrogens is 727 g/mol. The molecule has 4 nitrogen and oxygen atoms in total. The summed E-state index contributed by atoms with van der Waals surface area (Å²) in [4.78, 5) is 3.92. The van der Waals surface area contributed by atoms with Gasteiger partial charge < -0.3 is 9.13 Å². The molecule has 4 heterocycles. The van der Waals surface area contributed by atoms with Crippen molar-refractivity contribution in [1.82, 2.24) is 9.13 Å². The Labute approximate surface area is 345 Å². The van der Waals surface area contributed by atoms with Crippen LogP contribution in [0.5, 0.6) is 0 Å². The third-order valence-electron chi connectivity index (χ3n) is 14.3. The van der Waals surface area contributed by atoms with Crippen LogP contribution in [0.3, 0.4) is 0 Å². The fourth-order valence-electron chi connectivity index (χ4n) is 11.7. The van der Waals surface area contributed by atoms with Gasteiger partial charge in [-0.05, 0) is 125 Å². The second-order valence-electron chi connectivity index (χ2n) is 17.4. The normalized spacial score (nSPS) is 13.9. The third kappa shape index (κ3) is 3.73. The van der Waals surface area contributed by atoms with Crippen LogP contribution in [-0.2, 0) is 5.41 Å². The Morgan fingerprint density at radius 2 is 1.17 bits per heavy atom. The van der Waals surface area contributed by atoms with Crippen LogP contribution in [-0.4, -0.2) is 15.8 Å². The van der Waals surface area contributed by atoms with E-state index >= 15 is 0 Å². The molecule has 0 saturated carbocycles. The van der Waals surface area contributed by atoms with E-state index in [4.69, 9.17) is 6.57 Å². The second kappa shape index (κ2) is 10.8. The molecule has 1 aliphatic carbocycles. The summed E-state index contributed by atoms with van der Waals surface area (Å²) in [5.74, 6) is 0. The van der Waals surface area contributed by atoms with Crippen molar-refractivity contribution in [2.45, 2.75) is 19.3 Å². The molecule has 0 saturated heterocycles. The average Bonchev–Trinajstić information content (AvgIpc) is 3.90. The fourth-order valence-corrected chi connectivity index (χ4v) is 11.7. The van der Waals surface area contributed by atoms with Gasteiger partial charge in [-0.3, -0.25) is 0 Å². The van der Waals surface area contributed by atoms with E-state index in [0.29, 0.717) is 11.3 Å². The maximum Gasteiger partial charge on any atom is 0.252 e. The van der Waals surface area contributed by atoms with E-state index < -0.39 is 0 Å². The Morgan fingerprint density at radius 1 is 0.567 bits per heavy atom. The van der Waals surface area contributed by atoms with Crippen LogP contribution in [0.25, 0.3) is 104 Å². The van der Waals surface area contributed by atoms with Gasteiger partial charge in [0.25, 0.3) is 6.71 Å².